The molecule has 0 saturated heterocycles. The zero-order valence-electron chi connectivity index (χ0n) is 9.93. The molecule has 1 aromatic rings. The number of hydrogen-bond donors (Lipinski definition) is 1. The molecule has 1 nitrogen and oxygen atoms in total. The quantitative estimate of drug-likeness (QED) is 0.812. The first-order valence-electron chi connectivity index (χ1n) is 5.48. The Labute approximate surface area is 110 Å². The maximum atomic E-state index is 13.1. The first kappa shape index (κ1) is 17.2. The van der Waals surface area contributed by atoms with Crippen molar-refractivity contribution in [2.45, 2.75) is 38.4 Å². The molecule has 104 valence electrons. The topological polar surface area (TPSA) is 26.0 Å². The van der Waals surface area contributed by atoms with Crippen molar-refractivity contribution in [2.24, 2.45) is 5.73 Å². The Kier molecular flexibility index (Phi) is 6.63. The van der Waals surface area contributed by atoms with Crippen molar-refractivity contribution < 1.29 is 17.6 Å². The zero-order chi connectivity index (χ0) is 13.1. The number of rotatable bonds is 4. The first-order valence-corrected chi connectivity index (χ1v) is 5.48. The van der Waals surface area contributed by atoms with Crippen molar-refractivity contribution >= 4 is 12.4 Å². The van der Waals surface area contributed by atoms with Gasteiger partial charge in [0.05, 0.1) is 5.56 Å². The van der Waals surface area contributed by atoms with Crippen molar-refractivity contribution in [3.8, 4) is 0 Å². The number of benzene rings is 1. The third-order valence-corrected chi connectivity index (χ3v) is 2.54. The van der Waals surface area contributed by atoms with Gasteiger partial charge in [-0.05, 0) is 30.2 Å². The molecular formula is C12H16ClF4N. The van der Waals surface area contributed by atoms with Gasteiger partial charge in [0.15, 0.2) is 0 Å². The molecule has 0 unspecified atom stereocenters. The van der Waals surface area contributed by atoms with Crippen LogP contribution in [-0.4, -0.2) is 0 Å². The number of alkyl halides is 3. The van der Waals surface area contributed by atoms with E-state index < -0.39 is 23.6 Å². The molecule has 0 fully saturated rings. The maximum absolute atomic E-state index is 13.1. The fourth-order valence-electron chi connectivity index (χ4n) is 1.58. The Hall–Kier alpha value is -0.810. The molecule has 0 spiro atoms. The third-order valence-electron chi connectivity index (χ3n) is 2.54. The van der Waals surface area contributed by atoms with E-state index in [9.17, 15) is 17.6 Å². The fraction of sp³-hybridized carbons (Fsp3) is 0.500. The summed E-state index contributed by atoms with van der Waals surface area (Å²) >= 11 is 0. The van der Waals surface area contributed by atoms with Crippen LogP contribution in [0.15, 0.2) is 18.2 Å². The molecule has 0 radical (unpaired) electrons. The van der Waals surface area contributed by atoms with Gasteiger partial charge >= 0.3 is 6.18 Å². The molecule has 0 saturated carbocycles. The van der Waals surface area contributed by atoms with Crippen molar-refractivity contribution in [1.82, 2.24) is 0 Å². The van der Waals surface area contributed by atoms with Crippen molar-refractivity contribution in [1.29, 1.82) is 0 Å². The van der Waals surface area contributed by atoms with Gasteiger partial charge in [0, 0.05) is 6.04 Å². The van der Waals surface area contributed by atoms with Crippen LogP contribution in [0.1, 0.15) is 43.4 Å². The van der Waals surface area contributed by atoms with Gasteiger partial charge in [-0.3, -0.25) is 0 Å². The Morgan fingerprint density at radius 3 is 2.33 bits per heavy atom. The highest BCUT2D eigenvalue weighted by Gasteiger charge is 2.31. The summed E-state index contributed by atoms with van der Waals surface area (Å²) in [6.07, 6.45) is -2.28. The molecule has 0 heterocycles. The van der Waals surface area contributed by atoms with Crippen LogP contribution in [0.3, 0.4) is 0 Å². The lowest BCUT2D eigenvalue weighted by atomic mass is 9.99. The van der Waals surface area contributed by atoms with Crippen molar-refractivity contribution in [2.75, 3.05) is 0 Å². The van der Waals surface area contributed by atoms with E-state index in [0.29, 0.717) is 12.5 Å². The Bertz CT molecular complexity index is 379. The first-order chi connectivity index (χ1) is 7.84. The standard InChI is InChI=1S/C12H15F4N.ClH/c1-2-3-4-11(17)8-5-9(12(14,15)16)7-10(13)6-8;/h5-7,11H,2-4,17H2,1H3;1H/t11-;/m1./s1. The Morgan fingerprint density at radius 1 is 1.22 bits per heavy atom. The van der Waals surface area contributed by atoms with Crippen molar-refractivity contribution in [3.05, 3.63) is 35.1 Å². The highest BCUT2D eigenvalue weighted by Crippen LogP contribution is 2.32. The van der Waals surface area contributed by atoms with E-state index in [4.69, 9.17) is 5.73 Å². The predicted octanol–water partition coefficient (Wildman–Crippen LogP) is 4.46. The molecule has 1 rings (SSSR count). The van der Waals surface area contributed by atoms with Crippen LogP contribution < -0.4 is 5.73 Å². The van der Waals surface area contributed by atoms with Crippen LogP contribution in [0, 0.1) is 5.82 Å². The van der Waals surface area contributed by atoms with E-state index in [-0.39, 0.29) is 18.0 Å². The summed E-state index contributed by atoms with van der Waals surface area (Å²) in [6, 6.07) is 1.92. The molecule has 0 bridgehead atoms. The smallest absolute Gasteiger partial charge is 0.324 e. The average molecular weight is 286 g/mol. The second-order valence-corrected chi connectivity index (χ2v) is 4.02. The van der Waals surface area contributed by atoms with Crippen LogP contribution in [0.5, 0.6) is 0 Å². The Balaban J connectivity index is 0.00000289. The minimum Gasteiger partial charge on any atom is -0.324 e. The van der Waals surface area contributed by atoms with E-state index in [1.807, 2.05) is 6.92 Å². The van der Waals surface area contributed by atoms with Crippen molar-refractivity contribution in [3.63, 3.8) is 0 Å². The van der Waals surface area contributed by atoms with Crippen LogP contribution in [-0.2, 0) is 6.18 Å². The number of halogens is 5. The molecule has 0 aliphatic rings. The van der Waals surface area contributed by atoms with E-state index in [0.717, 1.165) is 25.0 Å². The number of hydrogen-bond acceptors (Lipinski definition) is 1. The third kappa shape index (κ3) is 4.82. The molecule has 6 heteroatoms. The van der Waals surface area contributed by atoms with Gasteiger partial charge in [-0.15, -0.1) is 12.4 Å². The molecular weight excluding hydrogens is 270 g/mol. The lowest BCUT2D eigenvalue weighted by Crippen LogP contribution is -2.13. The van der Waals surface area contributed by atoms with Gasteiger partial charge in [-0.2, -0.15) is 13.2 Å². The number of nitrogens with two attached hydrogens (primary N) is 1. The fourth-order valence-corrected chi connectivity index (χ4v) is 1.58. The van der Waals surface area contributed by atoms with E-state index in [1.165, 1.54) is 0 Å². The summed E-state index contributed by atoms with van der Waals surface area (Å²) in [5.41, 5.74) is 4.94. The molecule has 0 aliphatic carbocycles. The van der Waals surface area contributed by atoms with E-state index >= 15 is 0 Å². The largest absolute Gasteiger partial charge is 0.416 e. The summed E-state index contributed by atoms with van der Waals surface area (Å²) in [6.45, 7) is 1.96. The second-order valence-electron chi connectivity index (χ2n) is 4.02. The normalized spacial score (nSPS) is 13.0. The van der Waals surface area contributed by atoms with Crippen LogP contribution >= 0.6 is 12.4 Å². The summed E-state index contributed by atoms with van der Waals surface area (Å²) < 4.78 is 50.5. The lowest BCUT2D eigenvalue weighted by Gasteiger charge is -2.14. The van der Waals surface area contributed by atoms with Crippen LogP contribution in [0.25, 0.3) is 0 Å². The summed E-state index contributed by atoms with van der Waals surface area (Å²) in [5.74, 6) is -0.901. The summed E-state index contributed by atoms with van der Waals surface area (Å²) in [7, 11) is 0. The highest BCUT2D eigenvalue weighted by atomic mass is 35.5. The van der Waals surface area contributed by atoms with Gasteiger partial charge in [0.25, 0.3) is 0 Å². The number of unbranched alkanes of at least 4 members (excludes halogenated alkanes) is 1. The summed E-state index contributed by atoms with van der Waals surface area (Å²) in [4.78, 5) is 0. The molecule has 0 aliphatic heterocycles. The molecule has 0 aromatic heterocycles. The Morgan fingerprint density at radius 2 is 1.83 bits per heavy atom. The molecule has 2 N–H and O–H groups in total. The van der Waals surface area contributed by atoms with E-state index in [2.05, 4.69) is 0 Å². The second kappa shape index (κ2) is 6.95. The lowest BCUT2D eigenvalue weighted by molar-refractivity contribution is -0.137. The zero-order valence-corrected chi connectivity index (χ0v) is 10.7. The monoisotopic (exact) mass is 285 g/mol. The molecule has 1 aromatic carbocycles. The molecule has 0 amide bonds. The molecule has 1 atom stereocenters. The maximum Gasteiger partial charge on any atom is 0.416 e. The predicted molar refractivity (Wildman–Crippen MR) is 65.1 cm³/mol. The minimum absolute atomic E-state index is 0. The van der Waals surface area contributed by atoms with Crippen LogP contribution in [0.2, 0.25) is 0 Å². The SMILES string of the molecule is CCCC[C@@H](N)c1cc(F)cc(C(F)(F)F)c1.Cl. The minimum atomic E-state index is -4.54. The van der Waals surface area contributed by atoms with Gasteiger partial charge in [0.2, 0.25) is 0 Å². The highest BCUT2D eigenvalue weighted by molar-refractivity contribution is 5.85. The average Bonchev–Trinajstić information content (AvgIpc) is 2.23. The van der Waals surface area contributed by atoms with Gasteiger partial charge in [0.1, 0.15) is 5.82 Å². The van der Waals surface area contributed by atoms with Gasteiger partial charge in [-0.25, -0.2) is 4.39 Å². The van der Waals surface area contributed by atoms with E-state index in [1.54, 1.807) is 0 Å². The van der Waals surface area contributed by atoms with Gasteiger partial charge < -0.3 is 5.73 Å². The molecule has 18 heavy (non-hydrogen) atoms. The van der Waals surface area contributed by atoms with Gasteiger partial charge in [-0.1, -0.05) is 19.8 Å². The van der Waals surface area contributed by atoms with Crippen LogP contribution in [0.4, 0.5) is 17.6 Å². The summed E-state index contributed by atoms with van der Waals surface area (Å²) in [5, 5.41) is 0.